The van der Waals surface area contributed by atoms with Gasteiger partial charge in [-0.2, -0.15) is 0 Å². The number of imidazole rings is 1. The summed E-state index contributed by atoms with van der Waals surface area (Å²) in [5, 5.41) is 0.366. The van der Waals surface area contributed by atoms with Crippen LogP contribution in [0.4, 0.5) is 5.69 Å². The first kappa shape index (κ1) is 19.7. The molecule has 10 heteroatoms. The molecule has 3 aromatic rings. The first-order chi connectivity index (χ1) is 13.2. The van der Waals surface area contributed by atoms with Crippen molar-refractivity contribution in [2.24, 2.45) is 7.05 Å². The summed E-state index contributed by atoms with van der Waals surface area (Å²) < 4.78 is 4.50. The lowest BCUT2D eigenvalue weighted by Crippen LogP contribution is -2.35. The van der Waals surface area contributed by atoms with Crippen molar-refractivity contribution in [3.05, 3.63) is 65.1 Å². The Bertz CT molecular complexity index is 1170. The van der Waals surface area contributed by atoms with Gasteiger partial charge in [0.1, 0.15) is 11.7 Å². The Hall–Kier alpha value is -1.61. The van der Waals surface area contributed by atoms with Crippen LogP contribution in [0, 0.1) is 0 Å². The summed E-state index contributed by atoms with van der Waals surface area (Å²) in [6, 6.07) is 4.70. The third-order valence-electron chi connectivity index (χ3n) is 4.61. The summed E-state index contributed by atoms with van der Waals surface area (Å²) in [5.41, 5.74) is 0.939. The topological polar surface area (TPSA) is 60.1 Å². The van der Waals surface area contributed by atoms with Crippen molar-refractivity contribution in [2.45, 2.75) is 25.9 Å². The maximum absolute atomic E-state index is 13.4. The minimum Gasteiger partial charge on any atom is -0.317 e. The lowest BCUT2D eigenvalue weighted by Gasteiger charge is -2.26. The number of halogens is 3. The van der Waals surface area contributed by atoms with E-state index in [2.05, 4.69) is 20.9 Å². The van der Waals surface area contributed by atoms with E-state index in [1.54, 1.807) is 13.1 Å². The molecule has 1 aliphatic heterocycles. The molecule has 6 nitrogen and oxygen atoms in total. The second-order valence-electron chi connectivity index (χ2n) is 6.76. The summed E-state index contributed by atoms with van der Waals surface area (Å²) in [4.78, 5) is 33.0. The standard InChI is InChI=1S/C18H15BrCl2N4O2S/c1-8(2)24-15-13(22-18(24)19)17(27)25(14(15)11-4-5-12(21)28-11)10-6-9(20)7-23(3)16(10)26/h4-8,14H,1-3H3. The second-order valence-corrected chi connectivity index (χ2v) is 9.65. The van der Waals surface area contributed by atoms with Crippen LogP contribution in [-0.2, 0) is 7.05 Å². The molecule has 0 saturated carbocycles. The van der Waals surface area contributed by atoms with Gasteiger partial charge in [-0.25, -0.2) is 4.98 Å². The highest BCUT2D eigenvalue weighted by atomic mass is 79.9. The Morgan fingerprint density at radius 1 is 1.25 bits per heavy atom. The van der Waals surface area contributed by atoms with Gasteiger partial charge in [-0.1, -0.05) is 23.2 Å². The average molecular weight is 502 g/mol. The predicted molar refractivity (Wildman–Crippen MR) is 115 cm³/mol. The molecule has 0 saturated heterocycles. The average Bonchev–Trinajstić information content (AvgIpc) is 3.25. The van der Waals surface area contributed by atoms with Gasteiger partial charge in [0.2, 0.25) is 0 Å². The van der Waals surface area contributed by atoms with Gasteiger partial charge in [0.15, 0.2) is 10.4 Å². The highest BCUT2D eigenvalue weighted by Crippen LogP contribution is 2.45. The highest BCUT2D eigenvalue weighted by Gasteiger charge is 2.45. The number of hydrogen-bond acceptors (Lipinski definition) is 4. The number of rotatable bonds is 3. The zero-order valence-electron chi connectivity index (χ0n) is 15.1. The molecule has 4 rings (SSSR count). The van der Waals surface area contributed by atoms with E-state index >= 15 is 0 Å². The molecular weight excluding hydrogens is 487 g/mol. The molecule has 0 spiro atoms. The van der Waals surface area contributed by atoms with E-state index in [9.17, 15) is 9.59 Å². The van der Waals surface area contributed by atoms with E-state index in [1.165, 1.54) is 33.1 Å². The molecule has 0 radical (unpaired) electrons. The Balaban J connectivity index is 2.02. The van der Waals surface area contributed by atoms with Crippen molar-refractivity contribution in [3.63, 3.8) is 0 Å². The number of pyridine rings is 1. The van der Waals surface area contributed by atoms with E-state index in [4.69, 9.17) is 23.2 Å². The molecule has 4 heterocycles. The van der Waals surface area contributed by atoms with Crippen LogP contribution in [0.2, 0.25) is 9.36 Å². The lowest BCUT2D eigenvalue weighted by atomic mass is 10.1. The number of nitrogens with zero attached hydrogens (tertiary/aromatic N) is 4. The number of anilines is 1. The Morgan fingerprint density at radius 3 is 2.57 bits per heavy atom. The van der Waals surface area contributed by atoms with Crippen molar-refractivity contribution in [1.82, 2.24) is 14.1 Å². The van der Waals surface area contributed by atoms with Gasteiger partial charge in [-0.3, -0.25) is 14.5 Å². The Kier molecular flexibility index (Phi) is 4.94. The molecule has 0 fully saturated rings. The Morgan fingerprint density at radius 2 is 1.96 bits per heavy atom. The number of aryl methyl sites for hydroxylation is 1. The van der Waals surface area contributed by atoms with Crippen LogP contribution in [0.15, 0.2) is 33.9 Å². The van der Waals surface area contributed by atoms with Crippen LogP contribution in [-0.4, -0.2) is 20.0 Å². The van der Waals surface area contributed by atoms with Gasteiger partial charge in [-0.15, -0.1) is 11.3 Å². The normalized spacial score (nSPS) is 16.3. The maximum atomic E-state index is 13.4. The molecule has 1 unspecified atom stereocenters. The first-order valence-corrected chi connectivity index (χ1v) is 10.8. The van der Waals surface area contributed by atoms with E-state index in [1.807, 2.05) is 24.5 Å². The zero-order valence-corrected chi connectivity index (χ0v) is 19.0. The lowest BCUT2D eigenvalue weighted by molar-refractivity contribution is 0.0989. The fraction of sp³-hybridized carbons (Fsp3) is 0.278. The largest absolute Gasteiger partial charge is 0.317 e. The number of amides is 1. The number of carbonyl (C=O) groups excluding carboxylic acids is 1. The van der Waals surface area contributed by atoms with Crippen molar-refractivity contribution in [3.8, 4) is 0 Å². The van der Waals surface area contributed by atoms with Gasteiger partial charge in [0.05, 0.1) is 15.1 Å². The van der Waals surface area contributed by atoms with E-state index in [0.717, 1.165) is 10.6 Å². The van der Waals surface area contributed by atoms with E-state index < -0.39 is 6.04 Å². The number of thiophene rings is 1. The van der Waals surface area contributed by atoms with E-state index in [0.29, 0.717) is 19.8 Å². The van der Waals surface area contributed by atoms with E-state index in [-0.39, 0.29) is 23.2 Å². The van der Waals surface area contributed by atoms with Gasteiger partial charge < -0.3 is 9.13 Å². The number of aromatic nitrogens is 3. The van der Waals surface area contributed by atoms with Gasteiger partial charge in [-0.05, 0) is 48.0 Å². The minimum absolute atomic E-state index is 0.0542. The van der Waals surface area contributed by atoms with Crippen molar-refractivity contribution >= 4 is 62.1 Å². The zero-order chi connectivity index (χ0) is 20.3. The first-order valence-electron chi connectivity index (χ1n) is 8.43. The van der Waals surface area contributed by atoms with Gasteiger partial charge in [0.25, 0.3) is 11.5 Å². The van der Waals surface area contributed by atoms with Crippen LogP contribution in [0.1, 0.15) is 47.0 Å². The fourth-order valence-corrected chi connectivity index (χ4v) is 5.68. The molecule has 1 amide bonds. The summed E-state index contributed by atoms with van der Waals surface area (Å²) in [6.45, 7) is 4.02. The molecule has 0 aliphatic carbocycles. The summed E-state index contributed by atoms with van der Waals surface area (Å²) in [5.74, 6) is -0.344. The fourth-order valence-electron chi connectivity index (χ4n) is 3.49. The third-order valence-corrected chi connectivity index (χ3v) is 6.66. The SMILES string of the molecule is CC(C)n1c(Br)nc2c1C(c1ccc(Cl)s1)N(c1cc(Cl)cn(C)c1=O)C2=O. The monoisotopic (exact) mass is 500 g/mol. The molecule has 3 aromatic heterocycles. The number of carbonyl (C=O) groups is 1. The molecule has 28 heavy (non-hydrogen) atoms. The van der Waals surface area contributed by atoms with Gasteiger partial charge in [0, 0.05) is 24.2 Å². The van der Waals surface area contributed by atoms with Gasteiger partial charge >= 0.3 is 0 Å². The van der Waals surface area contributed by atoms with Crippen LogP contribution in [0.3, 0.4) is 0 Å². The molecular formula is C18H15BrCl2N4O2S. The van der Waals surface area contributed by atoms with Crippen molar-refractivity contribution < 1.29 is 4.79 Å². The number of fused-ring (bicyclic) bond motifs is 1. The summed E-state index contributed by atoms with van der Waals surface area (Å²) in [6.07, 6.45) is 1.52. The van der Waals surface area contributed by atoms with Crippen molar-refractivity contribution in [2.75, 3.05) is 4.90 Å². The maximum Gasteiger partial charge on any atom is 0.279 e. The Labute approximate surface area is 183 Å². The molecule has 0 aromatic carbocycles. The van der Waals surface area contributed by atoms with Crippen LogP contribution < -0.4 is 10.5 Å². The van der Waals surface area contributed by atoms with Crippen molar-refractivity contribution in [1.29, 1.82) is 0 Å². The van der Waals surface area contributed by atoms with Crippen LogP contribution in [0.25, 0.3) is 0 Å². The molecule has 1 aliphatic rings. The van der Waals surface area contributed by atoms with Crippen LogP contribution >= 0.6 is 50.5 Å². The molecule has 0 N–H and O–H groups in total. The summed E-state index contributed by atoms with van der Waals surface area (Å²) in [7, 11) is 1.60. The van der Waals surface area contributed by atoms with Crippen LogP contribution in [0.5, 0.6) is 0 Å². The quantitative estimate of drug-likeness (QED) is 0.504. The second kappa shape index (κ2) is 7.02. The third kappa shape index (κ3) is 2.94. The predicted octanol–water partition coefficient (Wildman–Crippen LogP) is 5.04. The smallest absolute Gasteiger partial charge is 0.279 e. The number of hydrogen-bond donors (Lipinski definition) is 0. The highest BCUT2D eigenvalue weighted by molar-refractivity contribution is 9.10. The molecule has 0 bridgehead atoms. The summed E-state index contributed by atoms with van der Waals surface area (Å²) >= 11 is 17.2. The molecule has 146 valence electrons. The minimum atomic E-state index is -0.521. The molecule has 1 atom stereocenters.